The molecule has 0 unspecified atom stereocenters. The maximum Gasteiger partial charge on any atom is 0.230 e. The van der Waals surface area contributed by atoms with Crippen molar-refractivity contribution in [1.82, 2.24) is 15.0 Å². The van der Waals surface area contributed by atoms with E-state index in [0.29, 0.717) is 5.95 Å². The summed E-state index contributed by atoms with van der Waals surface area (Å²) in [6, 6.07) is 8.16. The van der Waals surface area contributed by atoms with Crippen LogP contribution >= 0.6 is 0 Å². The van der Waals surface area contributed by atoms with Crippen LogP contribution in [-0.4, -0.2) is 20.5 Å². The standard InChI is InChI=1S/C19H29N5/c1-8-15-21-16(18(2,3)4)23-17(22-15)20-13-10-9-11-14(12-13)24-19(5,6)7/h9-12,24H,8H2,1-7H3,(H,20,21,22,23). The third-order valence-electron chi connectivity index (χ3n) is 3.31. The molecule has 2 rings (SSSR count). The first-order valence-electron chi connectivity index (χ1n) is 8.47. The number of hydrogen-bond donors (Lipinski definition) is 2. The molecule has 0 radical (unpaired) electrons. The monoisotopic (exact) mass is 327 g/mol. The van der Waals surface area contributed by atoms with Crippen molar-refractivity contribution in [2.45, 2.75) is 65.8 Å². The Morgan fingerprint density at radius 1 is 0.917 bits per heavy atom. The first-order chi connectivity index (χ1) is 11.1. The summed E-state index contributed by atoms with van der Waals surface area (Å²) >= 11 is 0. The number of benzene rings is 1. The van der Waals surface area contributed by atoms with E-state index in [0.717, 1.165) is 29.4 Å². The molecule has 24 heavy (non-hydrogen) atoms. The molecule has 2 N–H and O–H groups in total. The molecule has 5 heteroatoms. The number of rotatable bonds is 4. The van der Waals surface area contributed by atoms with E-state index in [9.17, 15) is 0 Å². The summed E-state index contributed by atoms with van der Waals surface area (Å²) < 4.78 is 0. The number of anilines is 3. The van der Waals surface area contributed by atoms with Crippen LogP contribution in [0.5, 0.6) is 0 Å². The van der Waals surface area contributed by atoms with E-state index in [1.54, 1.807) is 0 Å². The third kappa shape index (κ3) is 5.18. The van der Waals surface area contributed by atoms with Crippen LogP contribution in [-0.2, 0) is 11.8 Å². The van der Waals surface area contributed by atoms with Gasteiger partial charge in [-0.15, -0.1) is 0 Å². The van der Waals surface area contributed by atoms with E-state index in [1.165, 1.54) is 0 Å². The van der Waals surface area contributed by atoms with E-state index in [-0.39, 0.29) is 11.0 Å². The molecule has 1 heterocycles. The van der Waals surface area contributed by atoms with E-state index < -0.39 is 0 Å². The smallest absolute Gasteiger partial charge is 0.230 e. The third-order valence-corrected chi connectivity index (χ3v) is 3.31. The normalized spacial score (nSPS) is 12.1. The molecule has 0 spiro atoms. The van der Waals surface area contributed by atoms with Gasteiger partial charge in [-0.3, -0.25) is 0 Å². The predicted octanol–water partition coefficient (Wildman–Crippen LogP) is 4.69. The van der Waals surface area contributed by atoms with Gasteiger partial charge in [-0.2, -0.15) is 9.97 Å². The van der Waals surface area contributed by atoms with Crippen molar-refractivity contribution in [2.75, 3.05) is 10.6 Å². The fraction of sp³-hybridized carbons (Fsp3) is 0.526. The number of aryl methyl sites for hydroxylation is 1. The lowest BCUT2D eigenvalue weighted by Gasteiger charge is -2.22. The van der Waals surface area contributed by atoms with Gasteiger partial charge in [-0.05, 0) is 39.0 Å². The summed E-state index contributed by atoms with van der Waals surface area (Å²) in [5, 5.41) is 6.79. The molecule has 1 aromatic heterocycles. The van der Waals surface area contributed by atoms with Crippen molar-refractivity contribution < 1.29 is 0 Å². The summed E-state index contributed by atoms with van der Waals surface area (Å²) in [7, 11) is 0. The first-order valence-corrected chi connectivity index (χ1v) is 8.47. The Hall–Kier alpha value is -2.17. The van der Waals surface area contributed by atoms with Gasteiger partial charge < -0.3 is 10.6 Å². The van der Waals surface area contributed by atoms with Crippen molar-refractivity contribution in [3.05, 3.63) is 35.9 Å². The van der Waals surface area contributed by atoms with Crippen LogP contribution in [0.25, 0.3) is 0 Å². The van der Waals surface area contributed by atoms with Crippen molar-refractivity contribution in [1.29, 1.82) is 0 Å². The fourth-order valence-electron chi connectivity index (χ4n) is 2.21. The Morgan fingerprint density at radius 2 is 1.58 bits per heavy atom. The van der Waals surface area contributed by atoms with Crippen LogP contribution in [0.2, 0.25) is 0 Å². The Balaban J connectivity index is 2.29. The Bertz CT molecular complexity index is 696. The summed E-state index contributed by atoms with van der Waals surface area (Å²) in [6.07, 6.45) is 0.784. The second-order valence-electron chi connectivity index (χ2n) is 8.08. The van der Waals surface area contributed by atoms with Gasteiger partial charge in [0.15, 0.2) is 0 Å². The van der Waals surface area contributed by atoms with Crippen LogP contribution < -0.4 is 10.6 Å². The zero-order valence-corrected chi connectivity index (χ0v) is 15.9. The van der Waals surface area contributed by atoms with Gasteiger partial charge in [0.05, 0.1) is 0 Å². The average molecular weight is 327 g/mol. The van der Waals surface area contributed by atoms with Gasteiger partial charge in [0.2, 0.25) is 5.95 Å². The molecule has 0 atom stereocenters. The highest BCUT2D eigenvalue weighted by atomic mass is 15.2. The summed E-state index contributed by atoms with van der Waals surface area (Å²) in [5.74, 6) is 2.21. The fourth-order valence-corrected chi connectivity index (χ4v) is 2.21. The van der Waals surface area contributed by atoms with Gasteiger partial charge >= 0.3 is 0 Å². The molecule has 0 saturated carbocycles. The van der Waals surface area contributed by atoms with Crippen LogP contribution in [0, 0.1) is 0 Å². The predicted molar refractivity (Wildman–Crippen MR) is 101 cm³/mol. The molecule has 0 aliphatic carbocycles. The van der Waals surface area contributed by atoms with Crippen molar-refractivity contribution >= 4 is 17.3 Å². The van der Waals surface area contributed by atoms with Crippen LogP contribution in [0.4, 0.5) is 17.3 Å². The molecular weight excluding hydrogens is 298 g/mol. The van der Waals surface area contributed by atoms with Crippen LogP contribution in [0.15, 0.2) is 24.3 Å². The SMILES string of the molecule is CCc1nc(Nc2cccc(NC(C)(C)C)c2)nc(C(C)(C)C)n1. The Kier molecular flexibility index (Phi) is 5.11. The maximum absolute atomic E-state index is 4.60. The van der Waals surface area contributed by atoms with Gasteiger partial charge in [0, 0.05) is 28.7 Å². The van der Waals surface area contributed by atoms with E-state index in [2.05, 4.69) is 86.2 Å². The van der Waals surface area contributed by atoms with Gasteiger partial charge in [-0.1, -0.05) is 33.8 Å². The number of hydrogen-bond acceptors (Lipinski definition) is 5. The van der Waals surface area contributed by atoms with Gasteiger partial charge in [0.1, 0.15) is 11.6 Å². The number of nitrogens with zero attached hydrogens (tertiary/aromatic N) is 3. The van der Waals surface area contributed by atoms with Crippen molar-refractivity contribution in [2.24, 2.45) is 0 Å². The molecule has 130 valence electrons. The lowest BCUT2D eigenvalue weighted by molar-refractivity contribution is 0.537. The number of aromatic nitrogens is 3. The lowest BCUT2D eigenvalue weighted by atomic mass is 9.96. The largest absolute Gasteiger partial charge is 0.380 e. The molecule has 1 aromatic carbocycles. The summed E-state index contributed by atoms with van der Waals surface area (Å²) in [4.78, 5) is 13.7. The molecule has 5 nitrogen and oxygen atoms in total. The average Bonchev–Trinajstić information content (AvgIpc) is 2.44. The minimum Gasteiger partial charge on any atom is -0.380 e. The highest BCUT2D eigenvalue weighted by Crippen LogP contribution is 2.23. The highest BCUT2D eigenvalue weighted by Gasteiger charge is 2.19. The Labute approximate surface area is 145 Å². The second kappa shape index (κ2) is 6.75. The molecule has 0 bridgehead atoms. The Morgan fingerprint density at radius 3 is 2.17 bits per heavy atom. The molecule has 0 saturated heterocycles. The van der Waals surface area contributed by atoms with Gasteiger partial charge in [-0.25, -0.2) is 4.98 Å². The second-order valence-corrected chi connectivity index (χ2v) is 8.08. The summed E-state index contributed by atoms with van der Waals surface area (Å²) in [6.45, 7) is 14.8. The zero-order valence-electron chi connectivity index (χ0n) is 15.9. The number of nitrogens with one attached hydrogen (secondary N) is 2. The van der Waals surface area contributed by atoms with E-state index in [4.69, 9.17) is 0 Å². The quantitative estimate of drug-likeness (QED) is 0.853. The van der Waals surface area contributed by atoms with E-state index in [1.807, 2.05) is 12.1 Å². The summed E-state index contributed by atoms with van der Waals surface area (Å²) in [5.41, 5.74) is 1.92. The van der Waals surface area contributed by atoms with Gasteiger partial charge in [0.25, 0.3) is 0 Å². The highest BCUT2D eigenvalue weighted by molar-refractivity contribution is 5.61. The van der Waals surface area contributed by atoms with Crippen molar-refractivity contribution in [3.8, 4) is 0 Å². The zero-order chi connectivity index (χ0) is 18.0. The minimum atomic E-state index is -0.112. The molecular formula is C19H29N5. The van der Waals surface area contributed by atoms with E-state index >= 15 is 0 Å². The van der Waals surface area contributed by atoms with Crippen molar-refractivity contribution in [3.63, 3.8) is 0 Å². The van der Waals surface area contributed by atoms with Crippen LogP contribution in [0.1, 0.15) is 60.1 Å². The molecule has 2 aromatic rings. The lowest BCUT2D eigenvalue weighted by Crippen LogP contribution is -2.25. The first kappa shape index (κ1) is 18.2. The molecule has 0 aliphatic rings. The topological polar surface area (TPSA) is 62.7 Å². The molecule has 0 amide bonds. The van der Waals surface area contributed by atoms with Crippen LogP contribution in [0.3, 0.4) is 0 Å². The molecule has 0 aliphatic heterocycles. The minimum absolute atomic E-state index is 0.0145. The molecule has 0 fully saturated rings. The maximum atomic E-state index is 4.60.